The van der Waals surface area contributed by atoms with Crippen LogP contribution in [0.15, 0.2) is 42.5 Å². The van der Waals surface area contributed by atoms with Crippen LogP contribution in [0.4, 0.5) is 0 Å². The van der Waals surface area contributed by atoms with Gasteiger partial charge in [0.25, 0.3) is 5.91 Å². The first kappa shape index (κ1) is 15.1. The number of amides is 1. The molecule has 2 aromatic carbocycles. The molecule has 22 heavy (non-hydrogen) atoms. The third-order valence-corrected chi connectivity index (χ3v) is 4.47. The van der Waals surface area contributed by atoms with Gasteiger partial charge in [0.2, 0.25) is 0 Å². The van der Waals surface area contributed by atoms with Gasteiger partial charge in [0, 0.05) is 3.57 Å². The first-order chi connectivity index (χ1) is 10.6. The molecule has 1 unspecified atom stereocenters. The fourth-order valence-electron chi connectivity index (χ4n) is 2.33. The van der Waals surface area contributed by atoms with Crippen LogP contribution in [0, 0.1) is 3.57 Å². The number of rotatable bonds is 3. The highest BCUT2D eigenvalue weighted by atomic mass is 127. The Morgan fingerprint density at radius 3 is 2.64 bits per heavy atom. The molecule has 0 bridgehead atoms. The van der Waals surface area contributed by atoms with E-state index in [9.17, 15) is 4.79 Å². The Labute approximate surface area is 143 Å². The van der Waals surface area contributed by atoms with Gasteiger partial charge in [-0.3, -0.25) is 4.79 Å². The van der Waals surface area contributed by atoms with Crippen molar-refractivity contribution < 1.29 is 14.3 Å². The normalized spacial score (nSPS) is 14.3. The van der Waals surface area contributed by atoms with Gasteiger partial charge < -0.3 is 14.8 Å². The van der Waals surface area contributed by atoms with E-state index in [0.29, 0.717) is 18.8 Å². The molecule has 0 aromatic heterocycles. The molecule has 0 aliphatic carbocycles. The SMILES string of the molecule is CC(NC(=O)c1ccccc1I)c1ccc2c(c1)OCCO2. The largest absolute Gasteiger partial charge is 0.486 e. The molecule has 0 saturated heterocycles. The van der Waals surface area contributed by atoms with Gasteiger partial charge in [-0.1, -0.05) is 18.2 Å². The summed E-state index contributed by atoms with van der Waals surface area (Å²) >= 11 is 2.17. The van der Waals surface area contributed by atoms with Gasteiger partial charge in [-0.15, -0.1) is 0 Å². The van der Waals surface area contributed by atoms with Crippen LogP contribution in [0.5, 0.6) is 11.5 Å². The Hall–Kier alpha value is -1.76. The molecule has 5 heteroatoms. The maximum atomic E-state index is 12.4. The van der Waals surface area contributed by atoms with Crippen molar-refractivity contribution in [2.75, 3.05) is 13.2 Å². The topological polar surface area (TPSA) is 47.6 Å². The molecule has 2 aromatic rings. The van der Waals surface area contributed by atoms with Crippen molar-refractivity contribution in [1.82, 2.24) is 5.32 Å². The predicted molar refractivity (Wildman–Crippen MR) is 92.5 cm³/mol. The first-order valence-electron chi connectivity index (χ1n) is 7.10. The summed E-state index contributed by atoms with van der Waals surface area (Å²) in [7, 11) is 0. The second kappa shape index (κ2) is 6.56. The van der Waals surface area contributed by atoms with Gasteiger partial charge in [-0.05, 0) is 59.3 Å². The Kier molecular flexibility index (Phi) is 4.52. The molecule has 1 aliphatic rings. The summed E-state index contributed by atoms with van der Waals surface area (Å²) in [4.78, 5) is 12.4. The van der Waals surface area contributed by atoms with E-state index in [1.165, 1.54) is 0 Å². The summed E-state index contributed by atoms with van der Waals surface area (Å²) in [6.07, 6.45) is 0. The summed E-state index contributed by atoms with van der Waals surface area (Å²) in [5.41, 5.74) is 1.68. The number of nitrogens with one attached hydrogen (secondary N) is 1. The summed E-state index contributed by atoms with van der Waals surface area (Å²) in [6, 6.07) is 13.2. The first-order valence-corrected chi connectivity index (χ1v) is 8.18. The number of hydrogen-bond donors (Lipinski definition) is 1. The van der Waals surface area contributed by atoms with E-state index in [0.717, 1.165) is 20.6 Å². The van der Waals surface area contributed by atoms with Crippen LogP contribution in [0.3, 0.4) is 0 Å². The Morgan fingerprint density at radius 2 is 1.86 bits per heavy atom. The molecule has 0 fully saturated rings. The molecule has 4 nitrogen and oxygen atoms in total. The zero-order valence-electron chi connectivity index (χ0n) is 12.1. The van der Waals surface area contributed by atoms with Gasteiger partial charge in [0.05, 0.1) is 11.6 Å². The number of benzene rings is 2. The molecule has 1 amide bonds. The fourth-order valence-corrected chi connectivity index (χ4v) is 2.96. The molecule has 1 atom stereocenters. The summed E-state index contributed by atoms with van der Waals surface area (Å²) in [5.74, 6) is 1.41. The van der Waals surface area contributed by atoms with E-state index in [2.05, 4.69) is 27.9 Å². The molecule has 1 N–H and O–H groups in total. The number of fused-ring (bicyclic) bond motifs is 1. The second-order valence-corrected chi connectivity index (χ2v) is 6.24. The molecule has 3 rings (SSSR count). The number of carbonyl (C=O) groups is 1. The zero-order valence-corrected chi connectivity index (χ0v) is 14.3. The van der Waals surface area contributed by atoms with Crippen LogP contribution in [0.25, 0.3) is 0 Å². The quantitative estimate of drug-likeness (QED) is 0.789. The predicted octanol–water partition coefficient (Wildman–Crippen LogP) is 3.55. The van der Waals surface area contributed by atoms with Crippen molar-refractivity contribution in [3.05, 3.63) is 57.2 Å². The van der Waals surface area contributed by atoms with Crippen LogP contribution in [0.1, 0.15) is 28.9 Å². The maximum absolute atomic E-state index is 12.4. The summed E-state index contributed by atoms with van der Waals surface area (Å²) < 4.78 is 12.0. The van der Waals surface area contributed by atoms with Crippen molar-refractivity contribution in [2.45, 2.75) is 13.0 Å². The Bertz CT molecular complexity index is 702. The molecule has 114 valence electrons. The molecule has 0 radical (unpaired) electrons. The van der Waals surface area contributed by atoms with Crippen LogP contribution in [-0.2, 0) is 0 Å². The zero-order chi connectivity index (χ0) is 15.5. The lowest BCUT2D eigenvalue weighted by molar-refractivity contribution is 0.0939. The van der Waals surface area contributed by atoms with E-state index in [1.807, 2.05) is 49.4 Å². The van der Waals surface area contributed by atoms with E-state index < -0.39 is 0 Å². The number of carbonyl (C=O) groups excluding carboxylic acids is 1. The molecular formula is C17H16INO3. The summed E-state index contributed by atoms with van der Waals surface area (Å²) in [5, 5.41) is 3.02. The van der Waals surface area contributed by atoms with Gasteiger partial charge in [-0.25, -0.2) is 0 Å². The minimum Gasteiger partial charge on any atom is -0.486 e. The molecule has 1 aliphatic heterocycles. The average molecular weight is 409 g/mol. The lowest BCUT2D eigenvalue weighted by atomic mass is 10.1. The van der Waals surface area contributed by atoms with Gasteiger partial charge in [0.1, 0.15) is 13.2 Å². The molecule has 0 saturated carbocycles. The highest BCUT2D eigenvalue weighted by Crippen LogP contribution is 2.32. The van der Waals surface area contributed by atoms with E-state index >= 15 is 0 Å². The smallest absolute Gasteiger partial charge is 0.252 e. The van der Waals surface area contributed by atoms with Gasteiger partial charge in [-0.2, -0.15) is 0 Å². The lowest BCUT2D eigenvalue weighted by Crippen LogP contribution is -2.27. The van der Waals surface area contributed by atoms with Crippen LogP contribution >= 0.6 is 22.6 Å². The number of ether oxygens (including phenoxy) is 2. The third-order valence-electron chi connectivity index (χ3n) is 3.53. The maximum Gasteiger partial charge on any atom is 0.252 e. The van der Waals surface area contributed by atoms with Crippen molar-refractivity contribution in [2.24, 2.45) is 0 Å². The highest BCUT2D eigenvalue weighted by molar-refractivity contribution is 14.1. The molecule has 1 heterocycles. The third kappa shape index (κ3) is 3.19. The average Bonchev–Trinajstić information content (AvgIpc) is 2.54. The van der Waals surface area contributed by atoms with E-state index in [1.54, 1.807) is 0 Å². The van der Waals surface area contributed by atoms with Crippen molar-refractivity contribution in [3.8, 4) is 11.5 Å². The summed E-state index contributed by atoms with van der Waals surface area (Å²) in [6.45, 7) is 3.09. The van der Waals surface area contributed by atoms with E-state index in [4.69, 9.17) is 9.47 Å². The van der Waals surface area contributed by atoms with Crippen molar-refractivity contribution in [3.63, 3.8) is 0 Å². The van der Waals surface area contributed by atoms with E-state index in [-0.39, 0.29) is 11.9 Å². The van der Waals surface area contributed by atoms with Crippen molar-refractivity contribution >= 4 is 28.5 Å². The monoisotopic (exact) mass is 409 g/mol. The Balaban J connectivity index is 1.76. The van der Waals surface area contributed by atoms with Crippen LogP contribution in [0.2, 0.25) is 0 Å². The lowest BCUT2D eigenvalue weighted by Gasteiger charge is -2.21. The number of halogens is 1. The second-order valence-electron chi connectivity index (χ2n) is 5.08. The minimum atomic E-state index is -0.112. The molecule has 0 spiro atoms. The fraction of sp³-hybridized carbons (Fsp3) is 0.235. The van der Waals surface area contributed by atoms with Gasteiger partial charge in [0.15, 0.2) is 11.5 Å². The Morgan fingerprint density at radius 1 is 1.14 bits per heavy atom. The highest BCUT2D eigenvalue weighted by Gasteiger charge is 2.17. The standard InChI is InChI=1S/C17H16INO3/c1-11(19-17(20)13-4-2-3-5-14(13)18)12-6-7-15-16(10-12)22-9-8-21-15/h2-7,10-11H,8-9H2,1H3,(H,19,20). The number of hydrogen-bond acceptors (Lipinski definition) is 3. The molecular weight excluding hydrogens is 393 g/mol. The van der Waals surface area contributed by atoms with Crippen LogP contribution < -0.4 is 14.8 Å². The van der Waals surface area contributed by atoms with Gasteiger partial charge >= 0.3 is 0 Å². The minimum absolute atomic E-state index is 0.0765. The van der Waals surface area contributed by atoms with Crippen molar-refractivity contribution in [1.29, 1.82) is 0 Å². The van der Waals surface area contributed by atoms with Crippen LogP contribution in [-0.4, -0.2) is 19.1 Å².